The van der Waals surface area contributed by atoms with Gasteiger partial charge >= 0.3 is 0 Å². The van der Waals surface area contributed by atoms with Crippen LogP contribution in [0.3, 0.4) is 0 Å². The van der Waals surface area contributed by atoms with Crippen molar-refractivity contribution in [2.24, 2.45) is 0 Å². The summed E-state index contributed by atoms with van der Waals surface area (Å²) in [6.45, 7) is 2.16. The van der Waals surface area contributed by atoms with Gasteiger partial charge in [0.1, 0.15) is 5.75 Å². The molecule has 12 heavy (non-hydrogen) atoms. The summed E-state index contributed by atoms with van der Waals surface area (Å²) >= 11 is 5.65. The number of halogens is 1. The van der Waals surface area contributed by atoms with Crippen molar-refractivity contribution in [1.29, 1.82) is 0 Å². The molecule has 0 heterocycles. The third-order valence-electron chi connectivity index (χ3n) is 1.67. The van der Waals surface area contributed by atoms with Crippen molar-refractivity contribution in [3.05, 3.63) is 28.3 Å². The molecule has 0 radical (unpaired) electrons. The lowest BCUT2D eigenvalue weighted by molar-refractivity contribution is 0.161. The van der Waals surface area contributed by atoms with Crippen molar-refractivity contribution in [2.45, 2.75) is 13.5 Å². The molecule has 3 nitrogen and oxygen atoms in total. The van der Waals surface area contributed by atoms with Crippen LogP contribution in [0.5, 0.6) is 5.75 Å². The molecule has 3 N–H and O–H groups in total. The highest BCUT2D eigenvalue weighted by atomic mass is 35.5. The molecule has 1 aromatic rings. The van der Waals surface area contributed by atoms with Gasteiger partial charge in [-0.05, 0) is 30.2 Å². The molecule has 4 heteroatoms. The molecule has 0 aliphatic carbocycles. The van der Waals surface area contributed by atoms with Crippen LogP contribution in [0.15, 0.2) is 12.1 Å². The lowest BCUT2D eigenvalue weighted by Crippen LogP contribution is -2.07. The highest BCUT2D eigenvalue weighted by Gasteiger charge is 2.03. The number of phenolic OH excluding ortho intramolecular Hbond substituents is 1. The molecular formula is C8H10ClNO2. The van der Waals surface area contributed by atoms with Crippen LogP contribution in [0.1, 0.15) is 11.1 Å². The maximum absolute atomic E-state index is 9.21. The molecule has 1 aromatic carbocycles. The van der Waals surface area contributed by atoms with Gasteiger partial charge in [-0.2, -0.15) is 0 Å². The SMILES string of the molecule is Cc1cc(Cl)c(O)cc1CNO. The molecule has 0 atom stereocenters. The normalized spacial score (nSPS) is 10.2. The topological polar surface area (TPSA) is 52.5 Å². The lowest BCUT2D eigenvalue weighted by Gasteiger charge is -2.06. The van der Waals surface area contributed by atoms with Crippen LogP contribution in [-0.4, -0.2) is 10.3 Å². The summed E-state index contributed by atoms with van der Waals surface area (Å²) < 4.78 is 0. The predicted octanol–water partition coefficient (Wildman–Crippen LogP) is 1.83. The summed E-state index contributed by atoms with van der Waals surface area (Å²) in [6, 6.07) is 3.18. The highest BCUT2D eigenvalue weighted by molar-refractivity contribution is 6.32. The molecule has 0 amide bonds. The van der Waals surface area contributed by atoms with E-state index >= 15 is 0 Å². The van der Waals surface area contributed by atoms with E-state index in [1.165, 1.54) is 6.07 Å². The molecule has 0 unspecified atom stereocenters. The number of hydroxylamine groups is 1. The number of rotatable bonds is 2. The van der Waals surface area contributed by atoms with Gasteiger partial charge in [-0.1, -0.05) is 11.6 Å². The molecular weight excluding hydrogens is 178 g/mol. The van der Waals surface area contributed by atoms with Crippen molar-refractivity contribution in [2.75, 3.05) is 0 Å². The van der Waals surface area contributed by atoms with Gasteiger partial charge in [0, 0.05) is 6.54 Å². The van der Waals surface area contributed by atoms with E-state index in [2.05, 4.69) is 0 Å². The zero-order valence-electron chi connectivity index (χ0n) is 6.63. The van der Waals surface area contributed by atoms with Crippen molar-refractivity contribution < 1.29 is 10.3 Å². The highest BCUT2D eigenvalue weighted by Crippen LogP contribution is 2.26. The fourth-order valence-electron chi connectivity index (χ4n) is 0.980. The van der Waals surface area contributed by atoms with Crippen LogP contribution in [-0.2, 0) is 6.54 Å². The Labute approximate surface area is 75.6 Å². The zero-order valence-corrected chi connectivity index (χ0v) is 7.39. The minimum atomic E-state index is 0.0347. The third kappa shape index (κ3) is 1.88. The van der Waals surface area contributed by atoms with Crippen molar-refractivity contribution in [3.8, 4) is 5.75 Å². The van der Waals surface area contributed by atoms with E-state index < -0.39 is 0 Å². The number of benzene rings is 1. The van der Waals surface area contributed by atoms with Crippen molar-refractivity contribution in [3.63, 3.8) is 0 Å². The van der Waals surface area contributed by atoms with E-state index in [1.54, 1.807) is 6.07 Å². The molecule has 66 valence electrons. The molecule has 0 aromatic heterocycles. The standard InChI is InChI=1S/C8H10ClNO2/c1-5-2-7(9)8(11)3-6(5)4-10-12/h2-3,10-12H,4H2,1H3. The van der Waals surface area contributed by atoms with Crippen molar-refractivity contribution in [1.82, 2.24) is 5.48 Å². The predicted molar refractivity (Wildman–Crippen MR) is 46.5 cm³/mol. The Balaban J connectivity index is 3.05. The molecule has 1 rings (SSSR count). The van der Waals surface area contributed by atoms with Crippen LogP contribution in [0.25, 0.3) is 0 Å². The van der Waals surface area contributed by atoms with Crippen LogP contribution >= 0.6 is 11.6 Å². The molecule has 0 saturated carbocycles. The number of nitrogens with one attached hydrogen (secondary N) is 1. The fourth-order valence-corrected chi connectivity index (χ4v) is 1.20. The Bertz CT molecular complexity index is 289. The van der Waals surface area contributed by atoms with Gasteiger partial charge in [-0.3, -0.25) is 0 Å². The molecule has 0 aliphatic rings. The summed E-state index contributed by atoms with van der Waals surface area (Å²) in [4.78, 5) is 0. The summed E-state index contributed by atoms with van der Waals surface area (Å²) in [7, 11) is 0. The van der Waals surface area contributed by atoms with Gasteiger partial charge in [0.05, 0.1) is 5.02 Å². The first-order valence-corrected chi connectivity index (χ1v) is 3.88. The quantitative estimate of drug-likeness (QED) is 0.620. The maximum atomic E-state index is 9.21. The van der Waals surface area contributed by atoms with E-state index in [0.29, 0.717) is 11.6 Å². The lowest BCUT2D eigenvalue weighted by atomic mass is 10.1. The number of aryl methyl sites for hydroxylation is 1. The molecule has 0 bridgehead atoms. The minimum absolute atomic E-state index is 0.0347. The number of phenols is 1. The van der Waals surface area contributed by atoms with E-state index in [1.807, 2.05) is 12.4 Å². The summed E-state index contributed by atoms with van der Waals surface area (Å²) in [5.41, 5.74) is 3.77. The second kappa shape index (κ2) is 3.76. The summed E-state index contributed by atoms with van der Waals surface area (Å²) in [5, 5.41) is 18.0. The first-order chi connectivity index (χ1) is 5.65. The van der Waals surface area contributed by atoms with E-state index in [4.69, 9.17) is 16.8 Å². The monoisotopic (exact) mass is 187 g/mol. The number of hydrogen-bond acceptors (Lipinski definition) is 3. The van der Waals surface area contributed by atoms with Gasteiger partial charge < -0.3 is 10.3 Å². The van der Waals surface area contributed by atoms with Crippen LogP contribution < -0.4 is 5.48 Å². The van der Waals surface area contributed by atoms with Gasteiger partial charge in [-0.15, -0.1) is 0 Å². The number of aromatic hydroxyl groups is 1. The van der Waals surface area contributed by atoms with Crippen LogP contribution in [0, 0.1) is 6.92 Å². The first-order valence-electron chi connectivity index (χ1n) is 3.50. The third-order valence-corrected chi connectivity index (χ3v) is 1.98. The number of hydrogen-bond donors (Lipinski definition) is 3. The summed E-state index contributed by atoms with van der Waals surface area (Å²) in [6.07, 6.45) is 0. The second-order valence-corrected chi connectivity index (χ2v) is 2.97. The zero-order chi connectivity index (χ0) is 9.14. The summed E-state index contributed by atoms with van der Waals surface area (Å²) in [5.74, 6) is 0.0347. The Morgan fingerprint density at radius 3 is 2.75 bits per heavy atom. The van der Waals surface area contributed by atoms with Crippen LogP contribution in [0.4, 0.5) is 0 Å². The van der Waals surface area contributed by atoms with Gasteiger partial charge in [0.2, 0.25) is 0 Å². The Hall–Kier alpha value is -0.770. The molecule has 0 saturated heterocycles. The Kier molecular flexibility index (Phi) is 2.92. The second-order valence-electron chi connectivity index (χ2n) is 2.56. The Morgan fingerprint density at radius 2 is 2.17 bits per heavy atom. The van der Waals surface area contributed by atoms with E-state index in [9.17, 15) is 5.11 Å². The fraction of sp³-hybridized carbons (Fsp3) is 0.250. The molecule has 0 aliphatic heterocycles. The maximum Gasteiger partial charge on any atom is 0.134 e. The van der Waals surface area contributed by atoms with Gasteiger partial charge in [0.15, 0.2) is 0 Å². The van der Waals surface area contributed by atoms with E-state index in [0.717, 1.165) is 11.1 Å². The largest absolute Gasteiger partial charge is 0.506 e. The smallest absolute Gasteiger partial charge is 0.134 e. The average molecular weight is 188 g/mol. The van der Waals surface area contributed by atoms with Crippen molar-refractivity contribution >= 4 is 11.6 Å². The first kappa shape index (κ1) is 9.32. The van der Waals surface area contributed by atoms with Gasteiger partial charge in [0.25, 0.3) is 0 Å². The van der Waals surface area contributed by atoms with E-state index in [-0.39, 0.29) is 5.75 Å². The Morgan fingerprint density at radius 1 is 1.50 bits per heavy atom. The minimum Gasteiger partial charge on any atom is -0.506 e. The average Bonchev–Trinajstić information content (AvgIpc) is 2.01. The van der Waals surface area contributed by atoms with Crippen LogP contribution in [0.2, 0.25) is 5.02 Å². The molecule has 0 fully saturated rings. The van der Waals surface area contributed by atoms with Gasteiger partial charge in [-0.25, -0.2) is 5.48 Å². The molecule has 0 spiro atoms.